The molecule has 0 aromatic heterocycles. The summed E-state index contributed by atoms with van der Waals surface area (Å²) in [5.41, 5.74) is -0.681. The van der Waals surface area contributed by atoms with Crippen molar-refractivity contribution in [2.45, 2.75) is 117 Å². The molecular formula is C33H48N4O8. The molecule has 2 bridgehead atoms. The highest BCUT2D eigenvalue weighted by Crippen LogP contribution is 2.43. The number of piperidine rings is 1. The summed E-state index contributed by atoms with van der Waals surface area (Å²) in [5, 5.41) is 7.73. The Morgan fingerprint density at radius 2 is 1.62 bits per heavy atom. The molecule has 248 valence electrons. The highest BCUT2D eigenvalue weighted by atomic mass is 16.6. The number of ketones is 1. The third-order valence-electron chi connectivity index (χ3n) is 7.95. The van der Waals surface area contributed by atoms with E-state index in [1.54, 1.807) is 37.8 Å². The van der Waals surface area contributed by atoms with Crippen molar-refractivity contribution in [3.63, 3.8) is 0 Å². The normalized spacial score (nSPS) is 20.5. The van der Waals surface area contributed by atoms with Crippen LogP contribution in [-0.4, -0.2) is 76.8 Å². The third kappa shape index (κ3) is 9.76. The van der Waals surface area contributed by atoms with E-state index in [0.29, 0.717) is 12.8 Å². The molecular weight excluding hydrogens is 580 g/mol. The van der Waals surface area contributed by atoms with Gasteiger partial charge in [-0.1, -0.05) is 64.4 Å². The van der Waals surface area contributed by atoms with Crippen LogP contribution in [0.3, 0.4) is 0 Å². The fraction of sp³-hybridized carbons (Fsp3) is 0.636. The Morgan fingerprint density at radius 3 is 2.22 bits per heavy atom. The molecule has 12 nitrogen and oxygen atoms in total. The molecule has 12 heteroatoms. The maximum atomic E-state index is 14.0. The molecule has 5 unspecified atom stereocenters. The summed E-state index contributed by atoms with van der Waals surface area (Å²) in [6.07, 6.45) is 2.05. The van der Waals surface area contributed by atoms with Gasteiger partial charge in [-0.25, -0.2) is 4.79 Å². The molecule has 1 aliphatic carbocycles. The minimum Gasteiger partial charge on any atom is -0.460 e. The van der Waals surface area contributed by atoms with Gasteiger partial charge >= 0.3 is 12.1 Å². The molecule has 2 fully saturated rings. The van der Waals surface area contributed by atoms with Gasteiger partial charge < -0.3 is 30.3 Å². The number of esters is 1. The Bertz CT molecular complexity index is 1250. The van der Waals surface area contributed by atoms with Crippen LogP contribution in [0.1, 0.15) is 86.1 Å². The van der Waals surface area contributed by atoms with Crippen LogP contribution in [0, 0.1) is 11.3 Å². The van der Waals surface area contributed by atoms with Crippen LogP contribution in [0.5, 0.6) is 0 Å². The Labute approximate surface area is 265 Å². The molecule has 45 heavy (non-hydrogen) atoms. The summed E-state index contributed by atoms with van der Waals surface area (Å²) >= 11 is 0. The number of hydrogen-bond acceptors (Lipinski definition) is 8. The number of amides is 4. The molecule has 1 saturated heterocycles. The lowest BCUT2D eigenvalue weighted by atomic mass is 9.85. The number of carbonyl (C=O) groups excluding carboxylic acids is 6. The van der Waals surface area contributed by atoms with Crippen LogP contribution in [0.15, 0.2) is 30.3 Å². The first-order chi connectivity index (χ1) is 21.0. The monoisotopic (exact) mass is 628 g/mol. The molecule has 2 aliphatic rings. The van der Waals surface area contributed by atoms with E-state index in [4.69, 9.17) is 9.47 Å². The van der Waals surface area contributed by atoms with Crippen LogP contribution < -0.4 is 16.0 Å². The fourth-order valence-electron chi connectivity index (χ4n) is 5.87. The van der Waals surface area contributed by atoms with Crippen LogP contribution in [0.4, 0.5) is 4.79 Å². The van der Waals surface area contributed by atoms with Gasteiger partial charge in [0, 0.05) is 6.04 Å². The van der Waals surface area contributed by atoms with E-state index in [9.17, 15) is 28.8 Å². The second-order valence-corrected chi connectivity index (χ2v) is 13.9. The summed E-state index contributed by atoms with van der Waals surface area (Å²) in [5.74, 6) is -3.65. The second kappa shape index (κ2) is 14.9. The summed E-state index contributed by atoms with van der Waals surface area (Å²) in [4.78, 5) is 80.0. The predicted molar refractivity (Wildman–Crippen MR) is 165 cm³/mol. The van der Waals surface area contributed by atoms with Gasteiger partial charge in [-0.2, -0.15) is 0 Å². The van der Waals surface area contributed by atoms with Crippen molar-refractivity contribution >= 4 is 35.6 Å². The van der Waals surface area contributed by atoms with Crippen LogP contribution in [0.25, 0.3) is 0 Å². The molecule has 1 aromatic carbocycles. The van der Waals surface area contributed by atoms with Gasteiger partial charge in [0.2, 0.25) is 17.6 Å². The van der Waals surface area contributed by atoms with E-state index >= 15 is 0 Å². The highest BCUT2D eigenvalue weighted by Gasteiger charge is 2.54. The first-order valence-electron chi connectivity index (χ1n) is 15.7. The topological polar surface area (TPSA) is 160 Å². The zero-order chi connectivity index (χ0) is 33.5. The first-order valence-corrected chi connectivity index (χ1v) is 15.7. The average molecular weight is 629 g/mol. The molecule has 3 rings (SSSR count). The van der Waals surface area contributed by atoms with E-state index in [-0.39, 0.29) is 25.0 Å². The van der Waals surface area contributed by atoms with Gasteiger partial charge in [0.25, 0.3) is 5.91 Å². The van der Waals surface area contributed by atoms with Crippen LogP contribution >= 0.6 is 0 Å². The van der Waals surface area contributed by atoms with Crippen molar-refractivity contribution in [2.75, 3.05) is 6.54 Å². The minimum absolute atomic E-state index is 0.0279. The van der Waals surface area contributed by atoms with Gasteiger partial charge in [-0.15, -0.1) is 0 Å². The lowest BCUT2D eigenvalue weighted by Crippen LogP contribution is -2.62. The van der Waals surface area contributed by atoms with Crippen LogP contribution in [-0.2, 0) is 40.1 Å². The number of benzene rings is 1. The summed E-state index contributed by atoms with van der Waals surface area (Å²) < 4.78 is 10.5. The number of Topliss-reactive ketones (excluding diaryl/α,β-unsaturated/α-hetero) is 1. The van der Waals surface area contributed by atoms with E-state index in [1.165, 1.54) is 0 Å². The number of hydrogen-bond donors (Lipinski definition) is 3. The Balaban J connectivity index is 1.67. The molecule has 0 radical (unpaired) electrons. The molecule has 1 saturated carbocycles. The maximum Gasteiger partial charge on any atom is 0.408 e. The molecule has 1 aliphatic heterocycles. The minimum atomic E-state index is -1.14. The van der Waals surface area contributed by atoms with Crippen molar-refractivity contribution in [3.05, 3.63) is 35.9 Å². The van der Waals surface area contributed by atoms with Gasteiger partial charge in [0.05, 0.1) is 6.04 Å². The van der Waals surface area contributed by atoms with Gasteiger partial charge in [-0.3, -0.25) is 24.0 Å². The number of nitrogens with zero attached hydrogens (tertiary/aromatic N) is 1. The van der Waals surface area contributed by atoms with Crippen molar-refractivity contribution < 1.29 is 38.2 Å². The molecule has 1 aromatic rings. The second-order valence-electron chi connectivity index (χ2n) is 13.9. The van der Waals surface area contributed by atoms with E-state index in [1.807, 2.05) is 45.9 Å². The number of nitrogens with one attached hydrogen (secondary N) is 3. The number of carbonyl (C=O) groups is 6. The molecule has 5 atom stereocenters. The van der Waals surface area contributed by atoms with Crippen LogP contribution in [0.2, 0.25) is 0 Å². The van der Waals surface area contributed by atoms with E-state index in [2.05, 4.69) is 16.0 Å². The van der Waals surface area contributed by atoms with Crippen molar-refractivity contribution in [3.8, 4) is 0 Å². The molecule has 0 spiro atoms. The lowest BCUT2D eigenvalue weighted by Gasteiger charge is -2.40. The zero-order valence-corrected chi connectivity index (χ0v) is 27.4. The third-order valence-corrected chi connectivity index (χ3v) is 7.95. The average Bonchev–Trinajstić information content (AvgIpc) is 3.58. The fourth-order valence-corrected chi connectivity index (χ4v) is 5.87. The van der Waals surface area contributed by atoms with Gasteiger partial charge in [-0.05, 0) is 63.4 Å². The van der Waals surface area contributed by atoms with Crippen molar-refractivity contribution in [1.82, 2.24) is 20.9 Å². The number of alkyl carbamates (subject to hydrolysis) is 1. The largest absolute Gasteiger partial charge is 0.460 e. The van der Waals surface area contributed by atoms with Crippen molar-refractivity contribution in [2.24, 2.45) is 11.3 Å². The van der Waals surface area contributed by atoms with E-state index in [0.717, 1.165) is 18.4 Å². The number of likely N-dealkylation sites (tertiary alicyclic amines) is 1. The number of ether oxygens (including phenoxy) is 2. The van der Waals surface area contributed by atoms with E-state index < -0.39 is 71.3 Å². The first kappa shape index (κ1) is 35.5. The highest BCUT2D eigenvalue weighted by molar-refractivity contribution is 6.38. The Hall–Kier alpha value is -3.96. The molecule has 3 N–H and O–H groups in total. The summed E-state index contributed by atoms with van der Waals surface area (Å²) in [6, 6.07) is 5.88. The standard InChI is InChI=1S/C33H48N4O8/c1-8-12-23(26(39)29(41)34-18-24(38)44-19-20-13-10-9-11-14-20)35-28(40)25-21-15-16-22(17-21)37(25)30(42)27(32(2,3)4)36-31(43)45-33(5,6)7/h9-11,13-14,21-23,25,27H,8,12,15-19H2,1-7H3,(H,34,41)(H,35,40)(H,36,43). The van der Waals surface area contributed by atoms with Gasteiger partial charge in [0.1, 0.15) is 30.8 Å². The lowest BCUT2D eigenvalue weighted by molar-refractivity contribution is -0.148. The summed E-state index contributed by atoms with van der Waals surface area (Å²) in [7, 11) is 0. The zero-order valence-electron chi connectivity index (χ0n) is 27.4. The number of rotatable bonds is 12. The molecule has 4 amide bonds. The Morgan fingerprint density at radius 1 is 0.956 bits per heavy atom. The summed E-state index contributed by atoms with van der Waals surface area (Å²) in [6.45, 7) is 12.0. The smallest absolute Gasteiger partial charge is 0.408 e. The SMILES string of the molecule is CCCC(NC(=O)C1C2CCC(C2)N1C(=O)C(NC(=O)OC(C)(C)C)C(C)(C)C)C(=O)C(=O)NCC(=O)OCc1ccccc1. The van der Waals surface area contributed by atoms with Crippen molar-refractivity contribution in [1.29, 1.82) is 0 Å². The quantitative estimate of drug-likeness (QED) is 0.235. The number of fused-ring (bicyclic) bond motifs is 2. The Kier molecular flexibility index (Phi) is 11.7. The van der Waals surface area contributed by atoms with Gasteiger partial charge in [0.15, 0.2) is 0 Å². The predicted octanol–water partition coefficient (Wildman–Crippen LogP) is 3.02. The maximum absolute atomic E-state index is 14.0. The molecule has 1 heterocycles.